The third kappa shape index (κ3) is 28.9. The van der Waals surface area contributed by atoms with E-state index < -0.39 is 57.5 Å². The van der Waals surface area contributed by atoms with E-state index in [1.165, 1.54) is 12.8 Å². The summed E-state index contributed by atoms with van der Waals surface area (Å²) in [6.07, 6.45) is 17.3. The van der Waals surface area contributed by atoms with Crippen LogP contribution in [0.3, 0.4) is 0 Å². The van der Waals surface area contributed by atoms with Crippen molar-refractivity contribution in [1.82, 2.24) is 16.0 Å². The van der Waals surface area contributed by atoms with Crippen LogP contribution in [0.25, 0.3) is 0 Å². The highest BCUT2D eigenvalue weighted by molar-refractivity contribution is 5.88. The third-order valence-electron chi connectivity index (χ3n) is 12.5. The Kier molecular flexibility index (Phi) is 29.2. The number of hydrogen-bond acceptors (Lipinski definition) is 13. The molecule has 9 atom stereocenters. The van der Waals surface area contributed by atoms with E-state index in [0.717, 1.165) is 109 Å². The smallest absolute Gasteiger partial charge is 0.408 e. The second-order valence-electron chi connectivity index (χ2n) is 22.9. The number of carbonyl (C=O) groups is 4. The van der Waals surface area contributed by atoms with Gasteiger partial charge in [0, 0.05) is 18.5 Å². The number of rotatable bonds is 3. The van der Waals surface area contributed by atoms with Crippen LogP contribution < -0.4 is 27.4 Å². The van der Waals surface area contributed by atoms with E-state index in [2.05, 4.69) is 16.0 Å². The van der Waals surface area contributed by atoms with Crippen molar-refractivity contribution in [3.8, 4) is 0 Å². The van der Waals surface area contributed by atoms with E-state index in [9.17, 15) is 39.6 Å². The van der Waals surface area contributed by atoms with Crippen molar-refractivity contribution in [2.75, 3.05) is 0 Å². The van der Waals surface area contributed by atoms with Crippen LogP contribution in [0.1, 0.15) is 218 Å². The molecule has 0 bridgehead atoms. The number of Topliss-reactive ketones (excluding diaryl/α,β-unsaturated/α-hetero) is 1. The molecule has 0 aromatic carbocycles. The van der Waals surface area contributed by atoms with Gasteiger partial charge in [-0.05, 0) is 154 Å². The first kappa shape index (κ1) is 66.9. The lowest BCUT2D eigenvalue weighted by Gasteiger charge is -2.37. The zero-order chi connectivity index (χ0) is 50.1. The summed E-state index contributed by atoms with van der Waals surface area (Å²) in [4.78, 5) is 46.0. The first-order chi connectivity index (χ1) is 29.6. The van der Waals surface area contributed by atoms with Gasteiger partial charge in [-0.2, -0.15) is 0 Å². The van der Waals surface area contributed by atoms with Crippen LogP contribution in [0.4, 0.5) is 14.4 Å². The Morgan fingerprint density at radius 3 is 1.01 bits per heavy atom. The van der Waals surface area contributed by atoms with E-state index in [1.54, 1.807) is 34.6 Å². The molecule has 5 aliphatic carbocycles. The molecular weight excluding hydrogens is 905 g/mol. The summed E-state index contributed by atoms with van der Waals surface area (Å²) >= 11 is 0. The molecule has 5 fully saturated rings. The molecule has 67 heavy (non-hydrogen) atoms. The molecule has 5 saturated carbocycles. The molecule has 0 aliphatic heterocycles. The van der Waals surface area contributed by atoms with Crippen LogP contribution in [0, 0.1) is 0 Å². The summed E-state index contributed by atoms with van der Waals surface area (Å²) < 4.78 is 15.4. The maximum Gasteiger partial charge on any atom is 0.408 e. The van der Waals surface area contributed by atoms with Crippen molar-refractivity contribution >= 4 is 48.9 Å². The highest BCUT2D eigenvalue weighted by Gasteiger charge is 2.38. The molecule has 0 radical (unpaired) electrons. The molecule has 1 unspecified atom stereocenters. The van der Waals surface area contributed by atoms with Gasteiger partial charge >= 0.3 is 18.3 Å². The van der Waals surface area contributed by atoms with E-state index in [4.69, 9.17) is 25.7 Å². The minimum absolute atomic E-state index is 0. The van der Waals surface area contributed by atoms with E-state index in [1.807, 2.05) is 55.4 Å². The molecule has 18 heteroatoms. The predicted octanol–water partition coefficient (Wildman–Crippen LogP) is 8.55. The summed E-state index contributed by atoms with van der Waals surface area (Å²) in [6, 6.07) is -0.724. The molecule has 398 valence electrons. The van der Waals surface area contributed by atoms with Crippen molar-refractivity contribution in [3.63, 3.8) is 0 Å². The third-order valence-corrected chi connectivity index (χ3v) is 12.5. The quantitative estimate of drug-likeness (QED) is 0.120. The van der Waals surface area contributed by atoms with Crippen LogP contribution in [0.2, 0.25) is 0 Å². The topological polar surface area (TPSA) is 265 Å². The van der Waals surface area contributed by atoms with Crippen molar-refractivity contribution in [2.45, 2.75) is 288 Å². The zero-order valence-corrected chi connectivity index (χ0v) is 45.3. The summed E-state index contributed by atoms with van der Waals surface area (Å²) in [7, 11) is 0. The molecule has 0 heterocycles. The molecule has 11 N–H and O–H groups in total. The van der Waals surface area contributed by atoms with Crippen LogP contribution in [-0.2, 0) is 19.0 Å². The normalized spacial score (nSPS) is 31.9. The number of ether oxygens (including phenoxy) is 3. The minimum atomic E-state index is -0.810. The zero-order valence-electron chi connectivity index (χ0n) is 43.6. The number of aliphatic hydroxyl groups is 4. The second-order valence-corrected chi connectivity index (χ2v) is 22.9. The van der Waals surface area contributed by atoms with E-state index in [-0.39, 0.29) is 60.8 Å². The van der Waals surface area contributed by atoms with E-state index in [0.29, 0.717) is 6.42 Å². The fraction of sp³-hybridized carbons (Fsp3) is 0.918. The average Bonchev–Trinajstić information content (AvgIpc) is 3.12. The van der Waals surface area contributed by atoms with Crippen molar-refractivity contribution in [3.05, 3.63) is 0 Å². The number of nitrogens with two attached hydrogens (primary N) is 2. The fourth-order valence-corrected chi connectivity index (χ4v) is 8.26. The Labute approximate surface area is 416 Å². The number of carbonyl (C=O) groups excluding carboxylic acids is 4. The molecule has 3 amide bonds. The van der Waals surface area contributed by atoms with Crippen LogP contribution in [0.15, 0.2) is 0 Å². The Morgan fingerprint density at radius 1 is 0.478 bits per heavy atom. The summed E-state index contributed by atoms with van der Waals surface area (Å²) in [5.41, 5.74) is 7.03. The van der Waals surface area contributed by atoms with Gasteiger partial charge in [0.25, 0.3) is 0 Å². The highest BCUT2D eigenvalue weighted by atomic mass is 35.5. The lowest BCUT2D eigenvalue weighted by Crippen LogP contribution is -2.53. The molecule has 0 saturated heterocycles. The van der Waals surface area contributed by atoms with Gasteiger partial charge < -0.3 is 62.1 Å². The minimum Gasteiger partial charge on any atom is -0.444 e. The number of halogens is 2. The maximum atomic E-state index is 11.6. The maximum absolute atomic E-state index is 11.6. The van der Waals surface area contributed by atoms with Gasteiger partial charge in [-0.25, -0.2) is 14.4 Å². The Morgan fingerprint density at radius 2 is 0.761 bits per heavy atom. The number of ketones is 1. The van der Waals surface area contributed by atoms with Crippen molar-refractivity contribution in [2.24, 2.45) is 11.5 Å². The molecule has 5 rings (SSSR count). The Hall–Kier alpha value is -2.18. The first-order valence-electron chi connectivity index (χ1n) is 24.5. The lowest BCUT2D eigenvalue weighted by molar-refractivity contribution is -0.122. The summed E-state index contributed by atoms with van der Waals surface area (Å²) in [5, 5.41) is 47.4. The Balaban J connectivity index is 0. The molecule has 0 aromatic rings. The molecule has 5 aliphatic rings. The number of alkyl carbamates (subject to hydrolysis) is 3. The van der Waals surface area contributed by atoms with Gasteiger partial charge in [0.2, 0.25) is 0 Å². The van der Waals surface area contributed by atoms with Gasteiger partial charge in [-0.3, -0.25) is 4.79 Å². The van der Waals surface area contributed by atoms with Gasteiger partial charge in [-0.1, -0.05) is 57.8 Å². The number of nitrogens with one attached hydrogen (secondary N) is 3. The van der Waals surface area contributed by atoms with Crippen LogP contribution >= 0.6 is 24.8 Å². The lowest BCUT2D eigenvalue weighted by atomic mass is 9.82. The molecular formula is C49H97Cl2N5O11. The molecule has 0 spiro atoms. The number of amides is 3. The van der Waals surface area contributed by atoms with E-state index >= 15 is 0 Å². The van der Waals surface area contributed by atoms with Crippen molar-refractivity contribution in [1.29, 1.82) is 0 Å². The van der Waals surface area contributed by atoms with Gasteiger partial charge in [0.05, 0.1) is 40.5 Å². The standard InChI is InChI=1S/2C12H23NO3.C11H19NO3.2C7H15NO.2ClH/c2*1-11(2,3)16-10(14)13-9-7-5-6-8-12(9,4)15;1-11(2,3)15-10(14)12-8-6-4-5-7-9(8)13;2*1-7(9)5-3-2-4-6(7)8;;/h2*9,15H,5-8H2,1-4H3,(H,13,14);8H,4-7H2,1-3H3,(H,12,14);2*6,9H,2-5,8H2,1H3;2*1H/t9-,12+;9-,12-;;6-,7+;6-,7-;;/m11.11../s1. The van der Waals surface area contributed by atoms with Crippen molar-refractivity contribution < 1.29 is 53.8 Å². The van der Waals surface area contributed by atoms with Gasteiger partial charge in [0.15, 0.2) is 5.78 Å². The molecule has 16 nitrogen and oxygen atoms in total. The Bertz CT molecular complexity index is 1380. The SMILES string of the molecule is CC(C)(C)OC(=O)NC1CCCCC1=O.CC(C)(C)OC(=O)N[C@@H]1CCCC[C@@]1(C)O.CC(C)(C)OC(=O)N[C@@H]1CCCC[C@]1(C)O.C[C@@]1(O)CCCC[C@H]1N.C[C@]1(O)CCCC[C@H]1N.Cl.Cl. The predicted molar refractivity (Wildman–Crippen MR) is 270 cm³/mol. The number of hydrogen-bond donors (Lipinski definition) is 9. The molecule has 0 aromatic heterocycles. The largest absolute Gasteiger partial charge is 0.444 e. The average molecular weight is 1000 g/mol. The van der Waals surface area contributed by atoms with Crippen LogP contribution in [0.5, 0.6) is 0 Å². The highest BCUT2D eigenvalue weighted by Crippen LogP contribution is 2.30. The van der Waals surface area contributed by atoms with Gasteiger partial charge in [-0.15, -0.1) is 24.8 Å². The van der Waals surface area contributed by atoms with Crippen LogP contribution in [-0.4, -0.2) is 114 Å². The fourth-order valence-electron chi connectivity index (χ4n) is 8.26. The summed E-state index contributed by atoms with van der Waals surface area (Å²) in [5.74, 6) is 0.118. The second kappa shape index (κ2) is 29.2. The summed E-state index contributed by atoms with van der Waals surface area (Å²) in [6.45, 7) is 23.6. The first-order valence-corrected chi connectivity index (χ1v) is 24.5. The monoisotopic (exact) mass is 1000 g/mol. The van der Waals surface area contributed by atoms with Gasteiger partial charge in [0.1, 0.15) is 16.8 Å².